The van der Waals surface area contributed by atoms with Crippen LogP contribution in [0.15, 0.2) is 9.72 Å². The molecule has 1 aromatic heterocycles. The minimum atomic E-state index is 0. The SMILES string of the molecule is Cc1csc(SCCC2CCNCC2)n1.Cl. The molecule has 0 aromatic carbocycles. The van der Waals surface area contributed by atoms with E-state index < -0.39 is 0 Å². The van der Waals surface area contributed by atoms with Crippen LogP contribution in [-0.4, -0.2) is 23.8 Å². The predicted octanol–water partition coefficient (Wildman–Crippen LogP) is 3.36. The molecular weight excluding hydrogens is 260 g/mol. The number of hydrogen-bond acceptors (Lipinski definition) is 4. The Hall–Kier alpha value is 0.230. The highest BCUT2D eigenvalue weighted by Gasteiger charge is 2.12. The maximum absolute atomic E-state index is 4.46. The van der Waals surface area contributed by atoms with E-state index in [9.17, 15) is 0 Å². The summed E-state index contributed by atoms with van der Waals surface area (Å²) in [7, 11) is 0. The Balaban J connectivity index is 0.00000128. The van der Waals surface area contributed by atoms with Crippen molar-refractivity contribution in [2.75, 3.05) is 18.8 Å². The average Bonchev–Trinajstić information content (AvgIpc) is 2.66. The van der Waals surface area contributed by atoms with Gasteiger partial charge in [-0.05, 0) is 45.2 Å². The number of aromatic nitrogens is 1. The first-order valence-corrected chi connectivity index (χ1v) is 7.47. The highest BCUT2D eigenvalue weighted by molar-refractivity contribution is 8.00. The van der Waals surface area contributed by atoms with Crippen molar-refractivity contribution in [2.45, 2.75) is 30.5 Å². The van der Waals surface area contributed by atoms with E-state index in [1.54, 1.807) is 11.3 Å². The molecule has 1 N–H and O–H groups in total. The molecule has 0 bridgehead atoms. The number of thiazole rings is 1. The molecule has 0 spiro atoms. The molecule has 0 atom stereocenters. The number of hydrogen-bond donors (Lipinski definition) is 1. The number of halogens is 1. The van der Waals surface area contributed by atoms with Gasteiger partial charge in [0.2, 0.25) is 0 Å². The summed E-state index contributed by atoms with van der Waals surface area (Å²) in [5.41, 5.74) is 1.16. The van der Waals surface area contributed by atoms with E-state index in [4.69, 9.17) is 0 Å². The smallest absolute Gasteiger partial charge is 0.150 e. The topological polar surface area (TPSA) is 24.9 Å². The van der Waals surface area contributed by atoms with E-state index in [1.165, 1.54) is 42.4 Å². The minimum absolute atomic E-state index is 0. The summed E-state index contributed by atoms with van der Waals surface area (Å²) < 4.78 is 1.24. The van der Waals surface area contributed by atoms with Crippen LogP contribution in [0.3, 0.4) is 0 Å². The van der Waals surface area contributed by atoms with Gasteiger partial charge >= 0.3 is 0 Å². The molecule has 0 unspecified atom stereocenters. The predicted molar refractivity (Wildman–Crippen MR) is 75.0 cm³/mol. The van der Waals surface area contributed by atoms with Gasteiger partial charge in [0.25, 0.3) is 0 Å². The number of aryl methyl sites for hydroxylation is 1. The third-order valence-electron chi connectivity index (χ3n) is 2.81. The highest BCUT2D eigenvalue weighted by Crippen LogP contribution is 2.26. The molecule has 2 nitrogen and oxygen atoms in total. The molecule has 92 valence electrons. The van der Waals surface area contributed by atoms with Crippen molar-refractivity contribution in [2.24, 2.45) is 5.92 Å². The molecular formula is C11H19ClN2S2. The first kappa shape index (κ1) is 14.3. The maximum Gasteiger partial charge on any atom is 0.150 e. The molecule has 0 radical (unpaired) electrons. The van der Waals surface area contributed by atoms with Crippen LogP contribution in [0.25, 0.3) is 0 Å². The van der Waals surface area contributed by atoms with Gasteiger partial charge in [-0.3, -0.25) is 0 Å². The Morgan fingerprint density at radius 3 is 2.88 bits per heavy atom. The summed E-state index contributed by atoms with van der Waals surface area (Å²) in [6, 6.07) is 0. The van der Waals surface area contributed by atoms with E-state index in [2.05, 4.69) is 22.6 Å². The van der Waals surface area contributed by atoms with Crippen LogP contribution in [0.5, 0.6) is 0 Å². The monoisotopic (exact) mass is 278 g/mol. The van der Waals surface area contributed by atoms with Crippen molar-refractivity contribution in [3.8, 4) is 0 Å². The lowest BCUT2D eigenvalue weighted by atomic mass is 9.96. The van der Waals surface area contributed by atoms with Gasteiger partial charge in [-0.15, -0.1) is 23.7 Å². The van der Waals surface area contributed by atoms with Gasteiger partial charge in [0.05, 0.1) is 0 Å². The quantitative estimate of drug-likeness (QED) is 0.855. The Labute approximate surface area is 112 Å². The lowest BCUT2D eigenvalue weighted by molar-refractivity contribution is 0.367. The molecule has 5 heteroatoms. The fraction of sp³-hybridized carbons (Fsp3) is 0.727. The van der Waals surface area contributed by atoms with Gasteiger partial charge in [0.1, 0.15) is 4.34 Å². The molecule has 1 aliphatic heterocycles. The standard InChI is InChI=1S/C11H18N2S2.ClH/c1-9-8-15-11(13-9)14-7-4-10-2-5-12-6-3-10;/h8,10,12H,2-7H2,1H3;1H. The number of nitrogens with zero attached hydrogens (tertiary/aromatic N) is 1. The molecule has 0 saturated carbocycles. The number of thioether (sulfide) groups is 1. The number of piperidine rings is 1. The van der Waals surface area contributed by atoms with E-state index in [0.717, 1.165) is 11.6 Å². The molecule has 0 amide bonds. The summed E-state index contributed by atoms with van der Waals surface area (Å²) in [5.74, 6) is 2.18. The van der Waals surface area contributed by atoms with Crippen LogP contribution in [0.4, 0.5) is 0 Å². The summed E-state index contributed by atoms with van der Waals surface area (Å²) in [6.45, 7) is 4.49. The van der Waals surface area contributed by atoms with Gasteiger partial charge in [0, 0.05) is 16.8 Å². The van der Waals surface area contributed by atoms with Crippen LogP contribution in [-0.2, 0) is 0 Å². The molecule has 0 aliphatic carbocycles. The zero-order valence-electron chi connectivity index (χ0n) is 9.57. The first-order chi connectivity index (χ1) is 7.34. The average molecular weight is 279 g/mol. The number of nitrogens with one attached hydrogen (secondary N) is 1. The summed E-state index contributed by atoms with van der Waals surface area (Å²) in [6.07, 6.45) is 4.07. The third kappa shape index (κ3) is 4.62. The second-order valence-corrected chi connectivity index (χ2v) is 6.29. The first-order valence-electron chi connectivity index (χ1n) is 5.60. The van der Waals surface area contributed by atoms with Crippen molar-refractivity contribution >= 4 is 35.5 Å². The van der Waals surface area contributed by atoms with Gasteiger partial charge < -0.3 is 5.32 Å². The molecule has 1 saturated heterocycles. The van der Waals surface area contributed by atoms with E-state index >= 15 is 0 Å². The Morgan fingerprint density at radius 2 is 2.25 bits per heavy atom. The second-order valence-electron chi connectivity index (χ2n) is 4.09. The zero-order chi connectivity index (χ0) is 10.5. The van der Waals surface area contributed by atoms with Crippen molar-refractivity contribution in [3.05, 3.63) is 11.1 Å². The van der Waals surface area contributed by atoms with E-state index in [-0.39, 0.29) is 12.4 Å². The van der Waals surface area contributed by atoms with Gasteiger partial charge in [-0.2, -0.15) is 0 Å². The molecule has 1 aromatic rings. The summed E-state index contributed by atoms with van der Waals surface area (Å²) >= 11 is 3.70. The van der Waals surface area contributed by atoms with Crippen LogP contribution >= 0.6 is 35.5 Å². The lowest BCUT2D eigenvalue weighted by Gasteiger charge is -2.21. The highest BCUT2D eigenvalue weighted by atomic mass is 35.5. The fourth-order valence-corrected chi connectivity index (χ4v) is 3.90. The molecule has 1 aliphatic rings. The van der Waals surface area contributed by atoms with Gasteiger partial charge in [-0.1, -0.05) is 11.8 Å². The molecule has 2 rings (SSSR count). The minimum Gasteiger partial charge on any atom is -0.317 e. The van der Waals surface area contributed by atoms with Crippen LogP contribution in [0, 0.1) is 12.8 Å². The number of rotatable bonds is 4. The Kier molecular flexibility index (Phi) is 6.73. The van der Waals surface area contributed by atoms with Gasteiger partial charge in [0.15, 0.2) is 0 Å². The summed E-state index contributed by atoms with van der Waals surface area (Å²) in [5, 5.41) is 5.54. The van der Waals surface area contributed by atoms with Crippen molar-refractivity contribution in [1.82, 2.24) is 10.3 Å². The molecule has 16 heavy (non-hydrogen) atoms. The second kappa shape index (κ2) is 7.54. The van der Waals surface area contributed by atoms with Gasteiger partial charge in [-0.25, -0.2) is 4.98 Å². The molecule has 1 fully saturated rings. The normalized spacial score (nSPS) is 17.1. The van der Waals surface area contributed by atoms with Crippen LogP contribution in [0.2, 0.25) is 0 Å². The third-order valence-corrected chi connectivity index (χ3v) is 4.98. The molecule has 2 heterocycles. The van der Waals surface area contributed by atoms with E-state index in [1.807, 2.05) is 11.8 Å². The maximum atomic E-state index is 4.46. The summed E-state index contributed by atoms with van der Waals surface area (Å²) in [4.78, 5) is 4.46. The lowest BCUT2D eigenvalue weighted by Crippen LogP contribution is -2.27. The van der Waals surface area contributed by atoms with Crippen LogP contribution < -0.4 is 5.32 Å². The largest absolute Gasteiger partial charge is 0.317 e. The van der Waals surface area contributed by atoms with Crippen molar-refractivity contribution in [1.29, 1.82) is 0 Å². The Bertz CT molecular complexity index is 298. The van der Waals surface area contributed by atoms with Crippen LogP contribution in [0.1, 0.15) is 25.0 Å². The van der Waals surface area contributed by atoms with E-state index in [0.29, 0.717) is 0 Å². The Morgan fingerprint density at radius 1 is 1.50 bits per heavy atom. The van der Waals surface area contributed by atoms with Crippen molar-refractivity contribution < 1.29 is 0 Å². The zero-order valence-corrected chi connectivity index (χ0v) is 12.0. The fourth-order valence-electron chi connectivity index (χ4n) is 1.88. The van der Waals surface area contributed by atoms with Crippen molar-refractivity contribution in [3.63, 3.8) is 0 Å².